The molecule has 1 heteroatoms. The molecule has 0 aromatic heterocycles. The molecule has 0 nitrogen and oxygen atoms in total. The molecule has 0 bridgehead atoms. The van der Waals surface area contributed by atoms with Crippen molar-refractivity contribution in [3.63, 3.8) is 0 Å². The van der Waals surface area contributed by atoms with Crippen molar-refractivity contribution in [2.75, 3.05) is 0 Å². The molecule has 1 fully saturated rings. The Kier molecular flexibility index (Phi) is 2.20. The van der Waals surface area contributed by atoms with Gasteiger partial charge in [0.1, 0.15) is 8.07 Å². The first kappa shape index (κ1) is 7.88. The minimum atomic E-state index is -1.22. The van der Waals surface area contributed by atoms with Crippen LogP contribution in [0.2, 0.25) is 18.6 Å². The third kappa shape index (κ3) is 1.43. The van der Waals surface area contributed by atoms with Crippen molar-refractivity contribution in [2.24, 2.45) is 0 Å². The molecule has 0 unspecified atom stereocenters. The molecule has 0 aliphatic heterocycles. The monoisotopic (exact) mass is 152 g/mol. The molecule has 10 heavy (non-hydrogen) atoms. The Morgan fingerprint density at radius 1 is 1.30 bits per heavy atom. The van der Waals surface area contributed by atoms with Crippen LogP contribution in [0.25, 0.3) is 0 Å². The Balaban J connectivity index is 2.56. The van der Waals surface area contributed by atoms with E-state index in [0.29, 0.717) is 0 Å². The van der Waals surface area contributed by atoms with Gasteiger partial charge in [-0.2, -0.15) is 0 Å². The van der Waals surface area contributed by atoms with E-state index >= 15 is 0 Å². The van der Waals surface area contributed by atoms with E-state index in [1.807, 2.05) is 0 Å². The highest BCUT2D eigenvalue weighted by atomic mass is 28.3. The third-order valence-corrected chi connectivity index (χ3v) is 6.11. The first-order valence-corrected chi connectivity index (χ1v) is 7.22. The quantitative estimate of drug-likeness (QED) is 0.400. The second-order valence-corrected chi connectivity index (χ2v) is 8.40. The second-order valence-electron chi connectivity index (χ2n) is 3.85. The number of rotatable bonds is 1. The van der Waals surface area contributed by atoms with Crippen LogP contribution < -0.4 is 0 Å². The van der Waals surface area contributed by atoms with Gasteiger partial charge >= 0.3 is 0 Å². The Bertz CT molecular complexity index is 147. The summed E-state index contributed by atoms with van der Waals surface area (Å²) in [5.41, 5.74) is 3.95. The van der Waals surface area contributed by atoms with E-state index in [-0.39, 0.29) is 0 Å². The zero-order valence-electron chi connectivity index (χ0n) is 6.98. The minimum absolute atomic E-state index is 0.928. The maximum absolute atomic E-state index is 5.50. The summed E-state index contributed by atoms with van der Waals surface area (Å²) in [5, 5.41) is 0. The van der Waals surface area contributed by atoms with E-state index in [2.05, 4.69) is 18.6 Å². The summed E-state index contributed by atoms with van der Waals surface area (Å²) in [6, 6.07) is 0. The van der Waals surface area contributed by atoms with Crippen molar-refractivity contribution >= 4 is 8.07 Å². The van der Waals surface area contributed by atoms with Gasteiger partial charge < -0.3 is 0 Å². The minimum Gasteiger partial charge on any atom is -0.135 e. The van der Waals surface area contributed by atoms with Crippen LogP contribution in [0.1, 0.15) is 25.7 Å². The zero-order valence-corrected chi connectivity index (χ0v) is 7.98. The molecule has 0 amide bonds. The normalized spacial score (nSPS) is 20.9. The van der Waals surface area contributed by atoms with E-state index < -0.39 is 8.07 Å². The fourth-order valence-electron chi connectivity index (χ4n) is 1.77. The molecule has 0 radical (unpaired) electrons. The lowest BCUT2D eigenvalue weighted by atomic mass is 10.4. The standard InChI is InChI=1S/C9H16Si/c1-4-10(2,3)9-7-5-6-8-9/h1,9H,5-8H2,2-3H3. The highest BCUT2D eigenvalue weighted by Crippen LogP contribution is 2.37. The largest absolute Gasteiger partial charge is 0.135 e. The molecule has 0 atom stereocenters. The maximum atomic E-state index is 5.50. The van der Waals surface area contributed by atoms with Crippen LogP contribution in [-0.4, -0.2) is 8.07 Å². The molecule has 0 saturated heterocycles. The second kappa shape index (κ2) is 2.80. The van der Waals surface area contributed by atoms with Crippen LogP contribution in [0, 0.1) is 12.0 Å². The lowest BCUT2D eigenvalue weighted by Crippen LogP contribution is -2.28. The molecular formula is C9H16Si. The summed E-state index contributed by atoms with van der Waals surface area (Å²) in [6.07, 6.45) is 11.1. The van der Waals surface area contributed by atoms with Crippen LogP contribution in [0.3, 0.4) is 0 Å². The predicted octanol–water partition coefficient (Wildman–Crippen LogP) is 2.81. The van der Waals surface area contributed by atoms with Crippen molar-refractivity contribution < 1.29 is 0 Å². The topological polar surface area (TPSA) is 0 Å². The summed E-state index contributed by atoms with van der Waals surface area (Å²) >= 11 is 0. The Labute approximate surface area is 65.0 Å². The number of hydrogen-bond donors (Lipinski definition) is 0. The van der Waals surface area contributed by atoms with Crippen molar-refractivity contribution in [3.05, 3.63) is 0 Å². The van der Waals surface area contributed by atoms with E-state index in [1.54, 1.807) is 0 Å². The molecule has 0 spiro atoms. The maximum Gasteiger partial charge on any atom is 0.135 e. The number of hydrogen-bond acceptors (Lipinski definition) is 0. The van der Waals surface area contributed by atoms with Gasteiger partial charge in [-0.05, 0) is 5.54 Å². The van der Waals surface area contributed by atoms with Crippen molar-refractivity contribution in [1.29, 1.82) is 0 Å². The highest BCUT2D eigenvalue weighted by Gasteiger charge is 2.31. The van der Waals surface area contributed by atoms with Crippen LogP contribution >= 0.6 is 0 Å². The van der Waals surface area contributed by atoms with Gasteiger partial charge in [-0.25, -0.2) is 0 Å². The van der Waals surface area contributed by atoms with Gasteiger partial charge in [0.05, 0.1) is 0 Å². The van der Waals surface area contributed by atoms with Crippen LogP contribution in [0.5, 0.6) is 0 Å². The van der Waals surface area contributed by atoms with E-state index in [9.17, 15) is 0 Å². The summed E-state index contributed by atoms with van der Waals surface area (Å²) in [7, 11) is -1.22. The fraction of sp³-hybridized carbons (Fsp3) is 0.778. The molecular weight excluding hydrogens is 136 g/mol. The van der Waals surface area contributed by atoms with E-state index in [1.165, 1.54) is 25.7 Å². The summed E-state index contributed by atoms with van der Waals surface area (Å²) in [6.45, 7) is 4.64. The van der Waals surface area contributed by atoms with Crippen molar-refractivity contribution in [2.45, 2.75) is 44.3 Å². The van der Waals surface area contributed by atoms with Gasteiger partial charge in [0, 0.05) is 0 Å². The van der Waals surface area contributed by atoms with Gasteiger partial charge in [-0.1, -0.05) is 38.8 Å². The summed E-state index contributed by atoms with van der Waals surface area (Å²) < 4.78 is 0. The van der Waals surface area contributed by atoms with E-state index in [4.69, 9.17) is 6.42 Å². The average molecular weight is 152 g/mol. The molecule has 1 aliphatic rings. The molecule has 0 heterocycles. The predicted molar refractivity (Wildman–Crippen MR) is 48.5 cm³/mol. The van der Waals surface area contributed by atoms with Gasteiger partial charge in [0.15, 0.2) is 0 Å². The average Bonchev–Trinajstić information content (AvgIpc) is 2.38. The lowest BCUT2D eigenvalue weighted by Gasteiger charge is -2.22. The van der Waals surface area contributed by atoms with Gasteiger partial charge in [-0.15, -0.1) is 12.0 Å². The molecule has 0 aromatic carbocycles. The molecule has 1 saturated carbocycles. The van der Waals surface area contributed by atoms with Gasteiger partial charge in [0.25, 0.3) is 0 Å². The zero-order chi connectivity index (χ0) is 7.61. The van der Waals surface area contributed by atoms with Gasteiger partial charge in [0.2, 0.25) is 0 Å². The van der Waals surface area contributed by atoms with E-state index in [0.717, 1.165) is 5.54 Å². The number of terminal acetylenes is 1. The smallest absolute Gasteiger partial charge is 0.135 e. The Morgan fingerprint density at radius 2 is 1.80 bits per heavy atom. The Morgan fingerprint density at radius 3 is 2.20 bits per heavy atom. The van der Waals surface area contributed by atoms with Crippen molar-refractivity contribution in [1.82, 2.24) is 0 Å². The highest BCUT2D eigenvalue weighted by molar-refractivity contribution is 6.86. The molecule has 1 rings (SSSR count). The first-order chi connectivity index (χ1) is 4.67. The van der Waals surface area contributed by atoms with Crippen molar-refractivity contribution in [3.8, 4) is 12.0 Å². The Hall–Kier alpha value is -0.223. The molecule has 0 N–H and O–H groups in total. The van der Waals surface area contributed by atoms with Crippen LogP contribution in [0.4, 0.5) is 0 Å². The lowest BCUT2D eigenvalue weighted by molar-refractivity contribution is 0.846. The molecule has 56 valence electrons. The summed E-state index contributed by atoms with van der Waals surface area (Å²) in [5.74, 6) is 0. The molecule has 1 aliphatic carbocycles. The summed E-state index contributed by atoms with van der Waals surface area (Å²) in [4.78, 5) is 0. The van der Waals surface area contributed by atoms with Crippen LogP contribution in [-0.2, 0) is 0 Å². The first-order valence-electron chi connectivity index (χ1n) is 4.14. The molecule has 0 aromatic rings. The SMILES string of the molecule is C#C[Si](C)(C)C1CCCC1. The fourth-order valence-corrected chi connectivity index (χ4v) is 3.85. The van der Waals surface area contributed by atoms with Crippen LogP contribution in [0.15, 0.2) is 0 Å². The third-order valence-electron chi connectivity index (χ3n) is 2.75. The van der Waals surface area contributed by atoms with Gasteiger partial charge in [-0.3, -0.25) is 0 Å².